The molecular formula is C14H31NaO6S. The molecule has 0 aliphatic carbocycles. The molecule has 0 rings (SSSR count). The molecule has 8 heteroatoms. The van der Waals surface area contributed by atoms with E-state index in [1.807, 2.05) is 0 Å². The monoisotopic (exact) mass is 350 g/mol. The fraction of sp³-hybridized carbons (Fsp3) is 1.00. The number of unbranched alkanes of at least 4 members (excludes halogenated alkanes) is 9. The molecule has 0 aromatic rings. The first-order valence-electron chi connectivity index (χ1n) is 7.88. The Balaban J connectivity index is -0.00000200. The van der Waals surface area contributed by atoms with E-state index in [4.69, 9.17) is 10.2 Å². The minimum atomic E-state index is -4.11. The number of aliphatic hydroxyl groups excluding tert-OH is 1. The summed E-state index contributed by atoms with van der Waals surface area (Å²) < 4.78 is 31.1. The largest absolute Gasteiger partial charge is 1.00 e. The fourth-order valence-electron chi connectivity index (χ4n) is 1.93. The van der Waals surface area contributed by atoms with Gasteiger partial charge in [0.2, 0.25) is 0 Å². The molecule has 0 heterocycles. The maximum atomic E-state index is 11.1. The van der Waals surface area contributed by atoms with Gasteiger partial charge in [-0.2, -0.15) is 8.42 Å². The zero-order valence-electron chi connectivity index (χ0n) is 15.0. The summed E-state index contributed by atoms with van der Waals surface area (Å²) in [6, 6.07) is 0. The maximum absolute atomic E-state index is 11.1. The molecule has 0 saturated heterocycles. The van der Waals surface area contributed by atoms with Gasteiger partial charge < -0.3 is 11.6 Å². The molecule has 6 nitrogen and oxygen atoms in total. The normalized spacial score (nSPS) is 11.6. The van der Waals surface area contributed by atoms with Crippen molar-refractivity contribution >= 4 is 10.4 Å². The van der Waals surface area contributed by atoms with Crippen LogP contribution in [0.25, 0.3) is 0 Å². The summed E-state index contributed by atoms with van der Waals surface area (Å²) in [5, 5.41) is 17.0. The summed E-state index contributed by atoms with van der Waals surface area (Å²) in [5.41, 5.74) is 0. The average molecular weight is 350 g/mol. The molecule has 0 atom stereocenters. The molecular weight excluding hydrogens is 319 g/mol. The van der Waals surface area contributed by atoms with Gasteiger partial charge in [-0.3, -0.25) is 0 Å². The van der Waals surface area contributed by atoms with Crippen molar-refractivity contribution in [1.82, 2.24) is 0 Å². The minimum Gasteiger partial charge on any atom is -1.00 e. The van der Waals surface area contributed by atoms with Crippen molar-refractivity contribution in [3.05, 3.63) is 0 Å². The van der Waals surface area contributed by atoms with Crippen molar-refractivity contribution in [2.75, 3.05) is 13.2 Å². The molecule has 0 unspecified atom stereocenters. The first kappa shape index (κ1) is 25.0. The Labute approximate surface area is 158 Å². The molecule has 22 heavy (non-hydrogen) atoms. The van der Waals surface area contributed by atoms with Gasteiger partial charge in [0.1, 0.15) is 6.61 Å². The maximum Gasteiger partial charge on any atom is 1.00 e. The van der Waals surface area contributed by atoms with Gasteiger partial charge in [-0.15, -0.1) is 0 Å². The van der Waals surface area contributed by atoms with Crippen molar-refractivity contribution < 1.29 is 58.0 Å². The van der Waals surface area contributed by atoms with Gasteiger partial charge >= 0.3 is 40.0 Å². The second-order valence-electron chi connectivity index (χ2n) is 5.18. The topological polar surface area (TPSA) is 93.1 Å². The number of hydrogen-bond donors (Lipinski definition) is 2. The van der Waals surface area contributed by atoms with Gasteiger partial charge in [0.25, 0.3) is 0 Å². The van der Waals surface area contributed by atoms with Crippen LogP contribution in [0, 0.1) is 0 Å². The molecule has 0 saturated carbocycles. The molecule has 0 bridgehead atoms. The Morgan fingerprint density at radius 1 is 0.864 bits per heavy atom. The van der Waals surface area contributed by atoms with Crippen LogP contribution in [0.4, 0.5) is 0 Å². The van der Waals surface area contributed by atoms with Crippen LogP contribution >= 0.6 is 0 Å². The van der Waals surface area contributed by atoms with E-state index in [0.717, 1.165) is 12.8 Å². The van der Waals surface area contributed by atoms with Gasteiger partial charge in [0, 0.05) is 0 Å². The van der Waals surface area contributed by atoms with Crippen LogP contribution in [-0.2, 0) is 18.8 Å². The standard InChI is InChI=1S/C14H30O6S.Na.H/c1-2-3-4-5-6-7-8-9-10-11-12-19-21(17,18)20-13-14(15)16;;/h14-16H,2-13H2,1H3;;/q;+1;-1. The van der Waals surface area contributed by atoms with E-state index in [0.29, 0.717) is 6.42 Å². The number of hydrogen-bond acceptors (Lipinski definition) is 6. The third-order valence-electron chi connectivity index (χ3n) is 3.09. The van der Waals surface area contributed by atoms with Crippen LogP contribution in [0.15, 0.2) is 0 Å². The summed E-state index contributed by atoms with van der Waals surface area (Å²) in [7, 11) is -4.11. The van der Waals surface area contributed by atoms with Crippen LogP contribution in [0.5, 0.6) is 0 Å². The quantitative estimate of drug-likeness (QED) is 0.237. The zero-order valence-corrected chi connectivity index (χ0v) is 16.8. The van der Waals surface area contributed by atoms with Crippen LogP contribution in [0.2, 0.25) is 0 Å². The van der Waals surface area contributed by atoms with E-state index in [9.17, 15) is 8.42 Å². The van der Waals surface area contributed by atoms with Crippen molar-refractivity contribution in [3.8, 4) is 0 Å². The Bertz CT molecular complexity index is 327. The van der Waals surface area contributed by atoms with E-state index < -0.39 is 23.3 Å². The van der Waals surface area contributed by atoms with Crippen molar-refractivity contribution in [3.63, 3.8) is 0 Å². The molecule has 0 spiro atoms. The molecule has 0 aromatic heterocycles. The molecule has 0 aliphatic heterocycles. The smallest absolute Gasteiger partial charge is 1.00 e. The number of aliphatic hydroxyl groups is 2. The van der Waals surface area contributed by atoms with E-state index in [1.54, 1.807) is 0 Å². The molecule has 0 fully saturated rings. The van der Waals surface area contributed by atoms with E-state index in [-0.39, 0.29) is 37.6 Å². The number of rotatable bonds is 15. The Morgan fingerprint density at radius 3 is 1.77 bits per heavy atom. The Morgan fingerprint density at radius 2 is 1.32 bits per heavy atom. The fourth-order valence-corrected chi connectivity index (χ4v) is 2.61. The van der Waals surface area contributed by atoms with Crippen LogP contribution in [0.1, 0.15) is 72.6 Å². The van der Waals surface area contributed by atoms with Crippen molar-refractivity contribution in [2.24, 2.45) is 0 Å². The third-order valence-corrected chi connectivity index (χ3v) is 3.97. The predicted octanol–water partition coefficient (Wildman–Crippen LogP) is -0.387. The second-order valence-corrected chi connectivity index (χ2v) is 6.47. The second kappa shape index (κ2) is 16.6. The Hall–Kier alpha value is 0.790. The molecule has 0 aromatic carbocycles. The molecule has 0 radical (unpaired) electrons. The van der Waals surface area contributed by atoms with Crippen LogP contribution in [0.3, 0.4) is 0 Å². The van der Waals surface area contributed by atoms with Gasteiger partial charge in [-0.05, 0) is 6.42 Å². The van der Waals surface area contributed by atoms with Crippen LogP contribution in [-0.4, -0.2) is 38.1 Å². The zero-order chi connectivity index (χ0) is 16.0. The van der Waals surface area contributed by atoms with Gasteiger partial charge in [0.05, 0.1) is 6.61 Å². The summed E-state index contributed by atoms with van der Waals surface area (Å²) in [5.74, 6) is 0. The summed E-state index contributed by atoms with van der Waals surface area (Å²) in [6.45, 7) is 1.57. The van der Waals surface area contributed by atoms with Crippen molar-refractivity contribution in [1.29, 1.82) is 0 Å². The van der Waals surface area contributed by atoms with E-state index in [1.165, 1.54) is 44.9 Å². The summed E-state index contributed by atoms with van der Waals surface area (Å²) >= 11 is 0. The molecule has 130 valence electrons. The summed E-state index contributed by atoms with van der Waals surface area (Å²) in [6.07, 6.45) is 9.75. The average Bonchev–Trinajstić information content (AvgIpc) is 2.43. The van der Waals surface area contributed by atoms with Gasteiger partial charge in [0.15, 0.2) is 6.29 Å². The van der Waals surface area contributed by atoms with Crippen molar-refractivity contribution in [2.45, 2.75) is 77.4 Å². The predicted molar refractivity (Wildman–Crippen MR) is 82.0 cm³/mol. The minimum absolute atomic E-state index is 0. The SMILES string of the molecule is CCCCCCCCCCCCOS(=O)(=O)OCC(O)O.[H-].[Na+]. The van der Waals surface area contributed by atoms with Crippen LogP contribution < -0.4 is 29.6 Å². The van der Waals surface area contributed by atoms with Gasteiger partial charge in [-0.1, -0.05) is 64.7 Å². The molecule has 2 N–H and O–H groups in total. The Kier molecular flexibility index (Phi) is 18.9. The van der Waals surface area contributed by atoms with E-state index >= 15 is 0 Å². The van der Waals surface area contributed by atoms with E-state index in [2.05, 4.69) is 15.3 Å². The first-order valence-corrected chi connectivity index (χ1v) is 9.21. The summed E-state index contributed by atoms with van der Waals surface area (Å²) in [4.78, 5) is 0. The van der Waals surface area contributed by atoms with Gasteiger partial charge in [-0.25, -0.2) is 8.37 Å². The molecule has 0 amide bonds. The third kappa shape index (κ3) is 18.8. The molecule has 0 aliphatic rings. The first-order chi connectivity index (χ1) is 9.98.